The van der Waals surface area contributed by atoms with Gasteiger partial charge in [-0.1, -0.05) is 6.92 Å². The smallest absolute Gasteiger partial charge is 0.132 e. The highest BCUT2D eigenvalue weighted by atomic mass is 32.1. The van der Waals surface area contributed by atoms with E-state index in [1.807, 2.05) is 6.07 Å². The first-order chi connectivity index (χ1) is 9.10. The number of aliphatic hydroxyl groups excluding tert-OH is 1. The average Bonchev–Trinajstić information content (AvgIpc) is 2.84. The number of ether oxygens (including phenoxy) is 1. The van der Waals surface area contributed by atoms with Gasteiger partial charge in [-0.25, -0.2) is 4.39 Å². The Morgan fingerprint density at radius 2 is 2.00 bits per heavy atom. The molecule has 1 heterocycles. The molecule has 0 saturated carbocycles. The lowest BCUT2D eigenvalue weighted by Gasteiger charge is -2.09. The summed E-state index contributed by atoms with van der Waals surface area (Å²) in [6.07, 6.45) is 0.209. The fraction of sp³-hybridized carbons (Fsp3) is 0.333. The van der Waals surface area contributed by atoms with Gasteiger partial charge in [0.1, 0.15) is 18.2 Å². The number of benzene rings is 1. The van der Waals surface area contributed by atoms with Crippen LogP contribution in [0.15, 0.2) is 30.3 Å². The summed E-state index contributed by atoms with van der Waals surface area (Å²) in [5.74, 6) is 0.0428. The first-order valence-corrected chi connectivity index (χ1v) is 7.09. The summed E-state index contributed by atoms with van der Waals surface area (Å²) in [4.78, 5) is 2.44. The minimum Gasteiger partial charge on any atom is -0.488 e. The number of hydrogen-bond donors (Lipinski definition) is 1. The van der Waals surface area contributed by atoms with E-state index in [2.05, 4.69) is 13.0 Å². The van der Waals surface area contributed by atoms with Crippen LogP contribution in [0.4, 0.5) is 4.39 Å². The van der Waals surface area contributed by atoms with Crippen molar-refractivity contribution in [2.45, 2.75) is 33.0 Å². The Labute approximate surface area is 116 Å². The second-order valence-corrected chi connectivity index (χ2v) is 5.62. The Morgan fingerprint density at radius 1 is 1.26 bits per heavy atom. The molecule has 2 aromatic rings. The summed E-state index contributed by atoms with van der Waals surface area (Å²) in [5.41, 5.74) is 0.289. The standard InChI is InChI=1S/C15H17FO2S/c1-3-12-5-6-13(19-12)9-18-11-4-7-14(10(2)17)15(16)8-11/h4-8,10,17H,3,9H2,1-2H3. The van der Waals surface area contributed by atoms with E-state index in [0.717, 1.165) is 11.3 Å². The van der Waals surface area contributed by atoms with Crippen molar-refractivity contribution in [3.63, 3.8) is 0 Å². The van der Waals surface area contributed by atoms with Gasteiger partial charge in [0.2, 0.25) is 0 Å². The Morgan fingerprint density at radius 3 is 2.58 bits per heavy atom. The van der Waals surface area contributed by atoms with Crippen LogP contribution in [0.25, 0.3) is 0 Å². The Balaban J connectivity index is 2.01. The summed E-state index contributed by atoms with van der Waals surface area (Å²) in [6, 6.07) is 8.67. The molecule has 1 unspecified atom stereocenters. The molecule has 0 aliphatic carbocycles. The van der Waals surface area contributed by atoms with Crippen molar-refractivity contribution in [2.24, 2.45) is 0 Å². The van der Waals surface area contributed by atoms with Crippen LogP contribution in [0.2, 0.25) is 0 Å². The lowest BCUT2D eigenvalue weighted by Crippen LogP contribution is -1.98. The lowest BCUT2D eigenvalue weighted by atomic mass is 10.1. The van der Waals surface area contributed by atoms with E-state index in [-0.39, 0.29) is 5.56 Å². The minimum atomic E-state index is -0.807. The number of thiophene rings is 1. The molecule has 0 aliphatic heterocycles. The molecule has 0 amide bonds. The topological polar surface area (TPSA) is 29.5 Å². The van der Waals surface area contributed by atoms with Crippen molar-refractivity contribution in [1.29, 1.82) is 0 Å². The van der Waals surface area contributed by atoms with Gasteiger partial charge in [0.15, 0.2) is 0 Å². The molecular weight excluding hydrogens is 263 g/mol. The molecule has 0 radical (unpaired) electrons. The van der Waals surface area contributed by atoms with E-state index in [1.165, 1.54) is 17.9 Å². The second kappa shape index (κ2) is 6.17. The molecule has 1 aromatic carbocycles. The number of aryl methyl sites for hydroxylation is 1. The number of rotatable bonds is 5. The van der Waals surface area contributed by atoms with E-state index in [9.17, 15) is 9.50 Å². The monoisotopic (exact) mass is 280 g/mol. The fourth-order valence-corrected chi connectivity index (χ4v) is 2.65. The molecule has 19 heavy (non-hydrogen) atoms. The van der Waals surface area contributed by atoms with Crippen LogP contribution in [0.3, 0.4) is 0 Å². The van der Waals surface area contributed by atoms with Gasteiger partial charge >= 0.3 is 0 Å². The number of halogens is 1. The molecule has 0 bridgehead atoms. The maximum absolute atomic E-state index is 13.6. The van der Waals surface area contributed by atoms with E-state index in [4.69, 9.17) is 4.74 Å². The highest BCUT2D eigenvalue weighted by Gasteiger charge is 2.09. The molecule has 102 valence electrons. The third-order valence-electron chi connectivity index (χ3n) is 2.87. The van der Waals surface area contributed by atoms with Gasteiger partial charge in [-0.15, -0.1) is 11.3 Å². The van der Waals surface area contributed by atoms with Crippen LogP contribution in [-0.4, -0.2) is 5.11 Å². The molecule has 0 saturated heterocycles. The number of aliphatic hydroxyl groups is 1. The summed E-state index contributed by atoms with van der Waals surface area (Å²) in [7, 11) is 0. The highest BCUT2D eigenvalue weighted by Crippen LogP contribution is 2.23. The van der Waals surface area contributed by atoms with Gasteiger partial charge in [0, 0.05) is 21.4 Å². The van der Waals surface area contributed by atoms with Crippen LogP contribution < -0.4 is 4.74 Å². The Bertz CT molecular complexity index is 549. The molecule has 1 aromatic heterocycles. The third kappa shape index (κ3) is 3.55. The molecule has 0 aliphatic rings. The van der Waals surface area contributed by atoms with Crippen molar-refractivity contribution >= 4 is 11.3 Å². The van der Waals surface area contributed by atoms with E-state index in [0.29, 0.717) is 12.4 Å². The van der Waals surface area contributed by atoms with Crippen molar-refractivity contribution in [1.82, 2.24) is 0 Å². The van der Waals surface area contributed by atoms with Crippen molar-refractivity contribution in [3.8, 4) is 5.75 Å². The van der Waals surface area contributed by atoms with E-state index < -0.39 is 11.9 Å². The zero-order valence-corrected chi connectivity index (χ0v) is 11.8. The number of hydrogen-bond acceptors (Lipinski definition) is 3. The summed E-state index contributed by atoms with van der Waals surface area (Å²) < 4.78 is 19.2. The molecule has 0 spiro atoms. The SMILES string of the molecule is CCc1ccc(COc2ccc(C(C)O)c(F)c2)s1. The predicted molar refractivity (Wildman–Crippen MR) is 75.1 cm³/mol. The van der Waals surface area contributed by atoms with Crippen LogP contribution >= 0.6 is 11.3 Å². The third-order valence-corrected chi connectivity index (χ3v) is 4.07. The van der Waals surface area contributed by atoms with Gasteiger partial charge < -0.3 is 9.84 Å². The molecule has 0 fully saturated rings. The Hall–Kier alpha value is -1.39. The molecule has 2 nitrogen and oxygen atoms in total. The molecule has 1 atom stereocenters. The average molecular weight is 280 g/mol. The lowest BCUT2D eigenvalue weighted by molar-refractivity contribution is 0.194. The predicted octanol–water partition coefficient (Wildman–Crippen LogP) is 4.08. The van der Waals surface area contributed by atoms with Crippen molar-refractivity contribution in [2.75, 3.05) is 0 Å². The van der Waals surface area contributed by atoms with E-state index >= 15 is 0 Å². The normalized spacial score (nSPS) is 12.4. The highest BCUT2D eigenvalue weighted by molar-refractivity contribution is 7.11. The Kier molecular flexibility index (Phi) is 4.56. The van der Waals surface area contributed by atoms with Crippen LogP contribution in [0.5, 0.6) is 5.75 Å². The quantitative estimate of drug-likeness (QED) is 0.894. The van der Waals surface area contributed by atoms with Crippen molar-refractivity contribution < 1.29 is 14.2 Å². The maximum atomic E-state index is 13.6. The van der Waals surface area contributed by atoms with Gasteiger partial charge in [-0.2, -0.15) is 0 Å². The summed E-state index contributed by atoms with van der Waals surface area (Å²) in [6.45, 7) is 4.09. The first-order valence-electron chi connectivity index (χ1n) is 6.28. The van der Waals surface area contributed by atoms with Gasteiger partial charge in [-0.05, 0) is 37.6 Å². The van der Waals surface area contributed by atoms with Crippen molar-refractivity contribution in [3.05, 3.63) is 51.5 Å². The largest absolute Gasteiger partial charge is 0.488 e. The summed E-state index contributed by atoms with van der Waals surface area (Å²) >= 11 is 1.71. The maximum Gasteiger partial charge on any atom is 0.132 e. The van der Waals surface area contributed by atoms with Gasteiger partial charge in [-0.3, -0.25) is 0 Å². The van der Waals surface area contributed by atoms with Gasteiger partial charge in [0.05, 0.1) is 6.10 Å². The van der Waals surface area contributed by atoms with Gasteiger partial charge in [0.25, 0.3) is 0 Å². The molecule has 2 rings (SSSR count). The molecule has 4 heteroatoms. The minimum absolute atomic E-state index is 0.289. The van der Waals surface area contributed by atoms with Crippen LogP contribution in [-0.2, 0) is 13.0 Å². The fourth-order valence-electron chi connectivity index (χ4n) is 1.78. The summed E-state index contributed by atoms with van der Waals surface area (Å²) in [5, 5.41) is 9.35. The first kappa shape index (κ1) is 14.0. The molecule has 1 N–H and O–H groups in total. The van der Waals surface area contributed by atoms with Crippen LogP contribution in [0.1, 0.15) is 35.3 Å². The zero-order chi connectivity index (χ0) is 13.8. The van der Waals surface area contributed by atoms with Crippen LogP contribution in [0, 0.1) is 5.82 Å². The second-order valence-electron chi connectivity index (χ2n) is 4.37. The van der Waals surface area contributed by atoms with E-state index in [1.54, 1.807) is 23.5 Å². The zero-order valence-electron chi connectivity index (χ0n) is 11.0. The molecular formula is C15H17FO2S.